The van der Waals surface area contributed by atoms with E-state index in [4.69, 9.17) is 48.9 Å². The molecule has 46 heavy (non-hydrogen) atoms. The number of hydrogen-bond acceptors (Lipinski definition) is 11. The predicted octanol–water partition coefficient (Wildman–Crippen LogP) is 8.01. The molecule has 226 valence electrons. The number of pyridine rings is 2. The van der Waals surface area contributed by atoms with Crippen LogP contribution in [0, 0.1) is 32.8 Å². The van der Waals surface area contributed by atoms with E-state index in [0.29, 0.717) is 49.8 Å². The Bertz CT molecular complexity index is 2250. The van der Waals surface area contributed by atoms with Crippen LogP contribution in [-0.4, -0.2) is 25.1 Å². The third-order valence-corrected chi connectivity index (χ3v) is 7.08. The predicted molar refractivity (Wildman–Crippen MR) is 170 cm³/mol. The van der Waals surface area contributed by atoms with Crippen LogP contribution in [0.3, 0.4) is 0 Å². The number of nitrogens with two attached hydrogens (primary N) is 1. The molecule has 12 nitrogen and oxygen atoms in total. The van der Waals surface area contributed by atoms with Gasteiger partial charge in [0.1, 0.15) is 51.7 Å². The van der Waals surface area contributed by atoms with Crippen LogP contribution < -0.4 is 15.2 Å². The number of nitro benzene ring substituents is 1. The van der Waals surface area contributed by atoms with Gasteiger partial charge in [0, 0.05) is 41.4 Å². The van der Waals surface area contributed by atoms with Crippen molar-refractivity contribution < 1.29 is 24.6 Å². The molecule has 0 spiro atoms. The van der Waals surface area contributed by atoms with Crippen molar-refractivity contribution in [2.24, 2.45) is 0 Å². The van der Waals surface area contributed by atoms with Crippen LogP contribution in [-0.2, 0) is 0 Å². The van der Waals surface area contributed by atoms with Gasteiger partial charge in [0.25, 0.3) is 5.69 Å². The molecular formula is C32H18Cl2N6O6. The number of hydrogen-bond donors (Lipinski definition) is 3. The van der Waals surface area contributed by atoms with Crippen LogP contribution in [0.5, 0.6) is 34.5 Å². The van der Waals surface area contributed by atoms with Crippen LogP contribution in [0.1, 0.15) is 11.1 Å². The van der Waals surface area contributed by atoms with E-state index in [1.54, 1.807) is 36.5 Å². The highest BCUT2D eigenvalue weighted by atomic mass is 35.5. The van der Waals surface area contributed by atoms with Gasteiger partial charge in [0.2, 0.25) is 0 Å². The molecule has 0 unspecified atom stereocenters. The average molecular weight is 653 g/mol. The summed E-state index contributed by atoms with van der Waals surface area (Å²) < 4.78 is 11.5. The minimum Gasteiger partial charge on any atom is -0.506 e. The number of benzene rings is 4. The second kappa shape index (κ2) is 13.1. The van der Waals surface area contributed by atoms with Crippen molar-refractivity contribution in [2.75, 3.05) is 5.73 Å². The Labute approximate surface area is 269 Å². The maximum absolute atomic E-state index is 11.0. The number of anilines is 1. The summed E-state index contributed by atoms with van der Waals surface area (Å²) in [4.78, 5) is 18.6. The molecule has 0 radical (unpaired) electrons. The Morgan fingerprint density at radius 2 is 1.22 bits per heavy atom. The number of aromatic nitrogens is 2. The lowest BCUT2D eigenvalue weighted by molar-refractivity contribution is -0.384. The van der Waals surface area contributed by atoms with Crippen molar-refractivity contribution in [1.29, 1.82) is 10.5 Å². The van der Waals surface area contributed by atoms with E-state index < -0.39 is 4.92 Å². The number of fused-ring (bicyclic) bond motifs is 2. The number of phenolic OH excluding ortho intramolecular Hbond substituents is 2. The molecule has 0 saturated carbocycles. The number of halogens is 2. The SMILES string of the molecule is N#Cc1cc2c(Oc3ccc(Cl)c(N)c3)ccnc2cc1O.N#Cc1cc2c(Oc3ccc(Cl)c([N+](=O)[O-])c3)ccnc2cc1O. The lowest BCUT2D eigenvalue weighted by Gasteiger charge is -2.10. The van der Waals surface area contributed by atoms with Crippen LogP contribution in [0.2, 0.25) is 10.0 Å². The van der Waals surface area contributed by atoms with Gasteiger partial charge in [-0.25, -0.2) is 0 Å². The van der Waals surface area contributed by atoms with E-state index >= 15 is 0 Å². The molecule has 0 bridgehead atoms. The van der Waals surface area contributed by atoms with Gasteiger partial charge in [-0.05, 0) is 48.5 Å². The molecule has 14 heteroatoms. The molecule has 6 rings (SSSR count). The van der Waals surface area contributed by atoms with Gasteiger partial charge >= 0.3 is 0 Å². The van der Waals surface area contributed by atoms with Crippen molar-refractivity contribution in [1.82, 2.24) is 9.97 Å². The van der Waals surface area contributed by atoms with Crippen LogP contribution in [0.15, 0.2) is 85.2 Å². The molecule has 0 atom stereocenters. The molecule has 4 N–H and O–H groups in total. The van der Waals surface area contributed by atoms with Crippen LogP contribution in [0.25, 0.3) is 21.8 Å². The molecule has 0 aliphatic carbocycles. The van der Waals surface area contributed by atoms with Gasteiger partial charge in [0.05, 0.1) is 43.9 Å². The fourth-order valence-electron chi connectivity index (χ4n) is 4.21. The van der Waals surface area contributed by atoms with E-state index in [1.807, 2.05) is 12.1 Å². The number of nitrogens with zero attached hydrogens (tertiary/aromatic N) is 5. The number of nitro groups is 1. The molecule has 4 aromatic carbocycles. The smallest absolute Gasteiger partial charge is 0.291 e. The largest absolute Gasteiger partial charge is 0.506 e. The molecule has 0 aliphatic heterocycles. The van der Waals surface area contributed by atoms with E-state index in [2.05, 4.69) is 9.97 Å². The average Bonchev–Trinajstić information content (AvgIpc) is 3.03. The van der Waals surface area contributed by atoms with Gasteiger partial charge in [-0.15, -0.1) is 0 Å². The topological polar surface area (TPSA) is 201 Å². The number of aromatic hydroxyl groups is 2. The Balaban J connectivity index is 0.000000182. The zero-order chi connectivity index (χ0) is 33.0. The zero-order valence-electron chi connectivity index (χ0n) is 23.2. The van der Waals surface area contributed by atoms with Gasteiger partial charge in [0.15, 0.2) is 0 Å². The first-order valence-corrected chi connectivity index (χ1v) is 13.7. The maximum Gasteiger partial charge on any atom is 0.291 e. The highest BCUT2D eigenvalue weighted by Gasteiger charge is 2.16. The lowest BCUT2D eigenvalue weighted by Crippen LogP contribution is -1.92. The normalized spacial score (nSPS) is 10.3. The number of nitriles is 2. The molecule has 2 heterocycles. The number of ether oxygens (including phenoxy) is 2. The van der Waals surface area contributed by atoms with E-state index in [-0.39, 0.29) is 39.1 Å². The molecular weight excluding hydrogens is 635 g/mol. The molecule has 0 saturated heterocycles. The summed E-state index contributed by atoms with van der Waals surface area (Å²) in [7, 11) is 0. The van der Waals surface area contributed by atoms with Crippen LogP contribution in [0.4, 0.5) is 11.4 Å². The Morgan fingerprint density at radius 1 is 0.739 bits per heavy atom. The Kier molecular flexibility index (Phi) is 8.87. The fourth-order valence-corrected chi connectivity index (χ4v) is 4.51. The first-order chi connectivity index (χ1) is 22.1. The minimum atomic E-state index is -0.605. The van der Waals surface area contributed by atoms with E-state index in [9.17, 15) is 20.3 Å². The van der Waals surface area contributed by atoms with Crippen molar-refractivity contribution in [3.05, 3.63) is 116 Å². The molecule has 6 aromatic rings. The summed E-state index contributed by atoms with van der Waals surface area (Å²) in [5.41, 5.74) is 7.06. The summed E-state index contributed by atoms with van der Waals surface area (Å²) in [5.74, 6) is 1.27. The van der Waals surface area contributed by atoms with Crippen LogP contribution >= 0.6 is 23.2 Å². The molecule has 0 amide bonds. The second-order valence-electron chi connectivity index (χ2n) is 9.37. The molecule has 0 aliphatic rings. The van der Waals surface area contributed by atoms with Crippen molar-refractivity contribution in [3.8, 4) is 46.6 Å². The molecule has 0 fully saturated rings. The van der Waals surface area contributed by atoms with E-state index in [0.717, 1.165) is 0 Å². The number of rotatable bonds is 5. The quantitative estimate of drug-likeness (QED) is 0.0924. The fraction of sp³-hybridized carbons (Fsp3) is 0. The number of phenols is 2. The van der Waals surface area contributed by atoms with Gasteiger partial charge in [-0.1, -0.05) is 23.2 Å². The van der Waals surface area contributed by atoms with Crippen molar-refractivity contribution >= 4 is 56.4 Å². The summed E-state index contributed by atoms with van der Waals surface area (Å²) in [5, 5.41) is 50.0. The summed E-state index contributed by atoms with van der Waals surface area (Å²) in [6.07, 6.45) is 3.02. The number of nitrogen functional groups attached to an aromatic ring is 1. The maximum atomic E-state index is 11.0. The zero-order valence-corrected chi connectivity index (χ0v) is 24.7. The van der Waals surface area contributed by atoms with Gasteiger partial charge in [-0.2, -0.15) is 10.5 Å². The highest BCUT2D eigenvalue weighted by Crippen LogP contribution is 2.36. The first kappa shape index (κ1) is 31.1. The summed E-state index contributed by atoms with van der Waals surface area (Å²) in [6.45, 7) is 0. The summed E-state index contributed by atoms with van der Waals surface area (Å²) in [6, 6.07) is 21.8. The van der Waals surface area contributed by atoms with Crippen molar-refractivity contribution in [2.45, 2.75) is 0 Å². The first-order valence-electron chi connectivity index (χ1n) is 13.0. The second-order valence-corrected chi connectivity index (χ2v) is 10.2. The van der Waals surface area contributed by atoms with Gasteiger partial charge in [-0.3, -0.25) is 20.1 Å². The standard InChI is InChI=1S/C16H8ClN3O4.C16H10ClN3O2/c17-12-2-1-10(6-14(12)20(22)23)24-16-3-4-19-13-7-15(21)9(8-18)5-11(13)16;17-12-2-1-10(6-13(12)19)22-16-3-4-20-14-7-15(21)9(8-18)5-11(14)16/h1-7,21H;1-7,21H,19H2. The summed E-state index contributed by atoms with van der Waals surface area (Å²) >= 11 is 11.7. The van der Waals surface area contributed by atoms with Gasteiger partial charge < -0.3 is 25.4 Å². The minimum absolute atomic E-state index is 0.00336. The Hall–Kier alpha value is -6.34. The highest BCUT2D eigenvalue weighted by molar-refractivity contribution is 6.33. The monoisotopic (exact) mass is 652 g/mol. The van der Waals surface area contributed by atoms with Crippen molar-refractivity contribution in [3.63, 3.8) is 0 Å². The lowest BCUT2D eigenvalue weighted by atomic mass is 10.1. The third-order valence-electron chi connectivity index (χ3n) is 6.42. The molecule has 2 aromatic heterocycles. The third kappa shape index (κ3) is 6.59. The van der Waals surface area contributed by atoms with E-state index in [1.165, 1.54) is 48.7 Å². The Morgan fingerprint density at radius 3 is 1.67 bits per heavy atom.